The van der Waals surface area contributed by atoms with E-state index in [0.717, 1.165) is 12.8 Å². The molecule has 16 heavy (non-hydrogen) atoms. The van der Waals surface area contributed by atoms with Crippen molar-refractivity contribution in [3.05, 3.63) is 15.9 Å². The second kappa shape index (κ2) is 4.73. The molecule has 1 atom stereocenters. The maximum atomic E-state index is 12.3. The summed E-state index contributed by atoms with van der Waals surface area (Å²) in [6, 6.07) is 1.71. The first-order chi connectivity index (χ1) is 7.51. The summed E-state index contributed by atoms with van der Waals surface area (Å²) in [6.45, 7) is 0.993. The lowest BCUT2D eigenvalue weighted by Gasteiger charge is -2.29. The highest BCUT2D eigenvalue weighted by molar-refractivity contribution is 9.10. The minimum Gasteiger partial charge on any atom is -0.327 e. The molecule has 0 radical (unpaired) electrons. The Morgan fingerprint density at radius 1 is 1.56 bits per heavy atom. The van der Waals surface area contributed by atoms with Crippen LogP contribution in [-0.2, 0) is 10.0 Å². The van der Waals surface area contributed by atoms with Crippen LogP contribution in [0.3, 0.4) is 0 Å². The molecule has 0 spiro atoms. The van der Waals surface area contributed by atoms with Gasteiger partial charge in [0.05, 0.1) is 0 Å². The summed E-state index contributed by atoms with van der Waals surface area (Å²) in [5.74, 6) is 0. The van der Waals surface area contributed by atoms with Crippen molar-refractivity contribution >= 4 is 37.3 Å². The van der Waals surface area contributed by atoms with Crippen molar-refractivity contribution in [3.63, 3.8) is 0 Å². The fraction of sp³-hybridized carbons (Fsp3) is 0.556. The minimum absolute atomic E-state index is 0.0396. The second-order valence-electron chi connectivity index (χ2n) is 3.82. The molecule has 1 saturated heterocycles. The van der Waals surface area contributed by atoms with Crippen LogP contribution in [0.25, 0.3) is 0 Å². The average molecular weight is 325 g/mol. The zero-order chi connectivity index (χ0) is 11.8. The standard InChI is InChI=1S/C9H13BrN2O2S2/c10-8-3-5-15-9(8)16(13,14)12-4-1-2-7(11)6-12/h3,5,7H,1-2,4,6,11H2/t7-/m1/s1. The Labute approximate surface area is 108 Å². The third-order valence-corrected chi connectivity index (χ3v) is 7.09. The van der Waals surface area contributed by atoms with Crippen molar-refractivity contribution in [2.45, 2.75) is 23.1 Å². The van der Waals surface area contributed by atoms with E-state index in [1.807, 2.05) is 0 Å². The van der Waals surface area contributed by atoms with Gasteiger partial charge in [-0.15, -0.1) is 11.3 Å². The molecular weight excluding hydrogens is 312 g/mol. The van der Waals surface area contributed by atoms with Gasteiger partial charge in [0, 0.05) is 23.6 Å². The van der Waals surface area contributed by atoms with Gasteiger partial charge < -0.3 is 5.73 Å². The molecule has 1 aromatic rings. The SMILES string of the molecule is N[C@@H]1CCCN(S(=O)(=O)c2sccc2Br)C1. The van der Waals surface area contributed by atoms with Crippen LogP contribution in [0.4, 0.5) is 0 Å². The third kappa shape index (κ3) is 2.33. The Bertz CT molecular complexity index is 472. The number of halogens is 1. The molecule has 0 aromatic carbocycles. The minimum atomic E-state index is -3.36. The third-order valence-electron chi connectivity index (χ3n) is 2.58. The highest BCUT2D eigenvalue weighted by Crippen LogP contribution is 2.31. The van der Waals surface area contributed by atoms with Crippen molar-refractivity contribution in [1.82, 2.24) is 4.31 Å². The number of hydrogen-bond donors (Lipinski definition) is 1. The molecule has 0 aliphatic carbocycles. The van der Waals surface area contributed by atoms with E-state index in [2.05, 4.69) is 15.9 Å². The van der Waals surface area contributed by atoms with Gasteiger partial charge in [-0.3, -0.25) is 0 Å². The lowest BCUT2D eigenvalue weighted by molar-refractivity contribution is 0.316. The largest absolute Gasteiger partial charge is 0.327 e. The molecule has 0 unspecified atom stereocenters. The summed E-state index contributed by atoms with van der Waals surface area (Å²) < 4.78 is 27.0. The van der Waals surface area contributed by atoms with Crippen molar-refractivity contribution in [2.24, 2.45) is 5.73 Å². The van der Waals surface area contributed by atoms with E-state index in [9.17, 15) is 8.42 Å². The van der Waals surface area contributed by atoms with Gasteiger partial charge in [-0.1, -0.05) is 0 Å². The molecule has 2 N–H and O–H groups in total. The molecule has 0 bridgehead atoms. The van der Waals surface area contributed by atoms with E-state index < -0.39 is 10.0 Å². The Morgan fingerprint density at radius 3 is 2.88 bits per heavy atom. The molecule has 1 aliphatic rings. The van der Waals surface area contributed by atoms with Gasteiger partial charge in [0.1, 0.15) is 4.21 Å². The van der Waals surface area contributed by atoms with Crippen LogP contribution in [0.15, 0.2) is 20.1 Å². The maximum Gasteiger partial charge on any atom is 0.253 e. The van der Waals surface area contributed by atoms with E-state index in [1.54, 1.807) is 11.4 Å². The first-order valence-electron chi connectivity index (χ1n) is 5.00. The number of nitrogens with two attached hydrogens (primary N) is 1. The van der Waals surface area contributed by atoms with E-state index in [-0.39, 0.29) is 6.04 Å². The van der Waals surface area contributed by atoms with Gasteiger partial charge in [0.2, 0.25) is 0 Å². The summed E-state index contributed by atoms with van der Waals surface area (Å²) in [5, 5.41) is 1.76. The van der Waals surface area contributed by atoms with Crippen LogP contribution < -0.4 is 5.73 Å². The predicted octanol–water partition coefficient (Wildman–Crippen LogP) is 1.62. The first kappa shape index (κ1) is 12.5. The van der Waals surface area contributed by atoms with E-state index >= 15 is 0 Å². The Morgan fingerprint density at radius 2 is 2.31 bits per heavy atom. The van der Waals surface area contributed by atoms with Gasteiger partial charge >= 0.3 is 0 Å². The lowest BCUT2D eigenvalue weighted by Crippen LogP contribution is -2.45. The molecule has 4 nitrogen and oxygen atoms in total. The Kier molecular flexibility index (Phi) is 3.70. The zero-order valence-corrected chi connectivity index (χ0v) is 11.8. The van der Waals surface area contributed by atoms with Gasteiger partial charge in [-0.2, -0.15) is 4.31 Å². The molecule has 1 aliphatic heterocycles. The molecule has 7 heteroatoms. The number of sulfonamides is 1. The van der Waals surface area contributed by atoms with Gasteiger partial charge in [-0.25, -0.2) is 8.42 Å². The summed E-state index contributed by atoms with van der Waals surface area (Å²) in [4.78, 5) is 0. The Hall–Kier alpha value is 0.0500. The first-order valence-corrected chi connectivity index (χ1v) is 8.12. The summed E-state index contributed by atoms with van der Waals surface area (Å²) in [5.41, 5.74) is 5.80. The van der Waals surface area contributed by atoms with E-state index in [4.69, 9.17) is 5.73 Å². The summed E-state index contributed by atoms with van der Waals surface area (Å²) in [7, 11) is -3.36. The second-order valence-corrected chi connectivity index (χ2v) is 7.73. The number of piperidine rings is 1. The van der Waals surface area contributed by atoms with Crippen LogP contribution in [-0.4, -0.2) is 31.9 Å². The van der Waals surface area contributed by atoms with Crippen LogP contribution in [0.5, 0.6) is 0 Å². The van der Waals surface area contributed by atoms with Crippen molar-refractivity contribution in [1.29, 1.82) is 0 Å². The highest BCUT2D eigenvalue weighted by Gasteiger charge is 2.31. The van der Waals surface area contributed by atoms with Gasteiger partial charge in [0.15, 0.2) is 0 Å². The van der Waals surface area contributed by atoms with Crippen LogP contribution in [0, 0.1) is 0 Å². The van der Waals surface area contributed by atoms with Gasteiger partial charge in [-0.05, 0) is 40.2 Å². The number of thiophene rings is 1. The van der Waals surface area contributed by atoms with Crippen molar-refractivity contribution in [3.8, 4) is 0 Å². The van der Waals surface area contributed by atoms with E-state index in [1.165, 1.54) is 15.6 Å². The molecule has 90 valence electrons. The Balaban J connectivity index is 2.29. The fourth-order valence-corrected chi connectivity index (χ4v) is 5.76. The molecular formula is C9H13BrN2O2S2. The molecule has 0 saturated carbocycles. The molecule has 0 amide bonds. The smallest absolute Gasteiger partial charge is 0.253 e. The topological polar surface area (TPSA) is 63.4 Å². The lowest BCUT2D eigenvalue weighted by atomic mass is 10.1. The highest BCUT2D eigenvalue weighted by atomic mass is 79.9. The van der Waals surface area contributed by atoms with Crippen LogP contribution in [0.1, 0.15) is 12.8 Å². The average Bonchev–Trinajstić information content (AvgIpc) is 2.65. The zero-order valence-electron chi connectivity index (χ0n) is 8.60. The monoisotopic (exact) mass is 324 g/mol. The van der Waals surface area contributed by atoms with E-state index in [0.29, 0.717) is 21.8 Å². The molecule has 2 heterocycles. The summed E-state index contributed by atoms with van der Waals surface area (Å²) in [6.07, 6.45) is 1.74. The quantitative estimate of drug-likeness (QED) is 0.899. The maximum absolute atomic E-state index is 12.3. The number of rotatable bonds is 2. The van der Waals surface area contributed by atoms with Crippen molar-refractivity contribution < 1.29 is 8.42 Å². The molecule has 1 aromatic heterocycles. The molecule has 2 rings (SSSR count). The van der Waals surface area contributed by atoms with Crippen molar-refractivity contribution in [2.75, 3.05) is 13.1 Å². The van der Waals surface area contributed by atoms with Crippen LogP contribution >= 0.6 is 27.3 Å². The van der Waals surface area contributed by atoms with Crippen LogP contribution in [0.2, 0.25) is 0 Å². The summed E-state index contributed by atoms with van der Waals surface area (Å²) >= 11 is 4.49. The number of hydrogen-bond acceptors (Lipinski definition) is 4. The normalized spacial score (nSPS) is 23.5. The molecule has 1 fully saturated rings. The van der Waals surface area contributed by atoms with Gasteiger partial charge in [0.25, 0.3) is 10.0 Å². The predicted molar refractivity (Wildman–Crippen MR) is 68.0 cm³/mol. The number of nitrogens with zero attached hydrogens (tertiary/aromatic N) is 1. The fourth-order valence-electron chi connectivity index (χ4n) is 1.77.